The standard InChI is InChI=1S/C15H14Br2/c1-10-3-6-12(7-4-10)15(17)13-9-11(2)5-8-14(13)16/h3-9,15H,1-2H3. The molecular weight excluding hydrogens is 340 g/mol. The van der Waals surface area contributed by atoms with Gasteiger partial charge < -0.3 is 0 Å². The van der Waals surface area contributed by atoms with E-state index in [0.717, 1.165) is 4.47 Å². The molecule has 2 aromatic rings. The van der Waals surface area contributed by atoms with Crippen molar-refractivity contribution in [2.24, 2.45) is 0 Å². The molecule has 0 bridgehead atoms. The number of rotatable bonds is 2. The van der Waals surface area contributed by atoms with Crippen LogP contribution in [0.4, 0.5) is 0 Å². The van der Waals surface area contributed by atoms with Crippen LogP contribution in [0.5, 0.6) is 0 Å². The van der Waals surface area contributed by atoms with E-state index in [2.05, 4.69) is 88.2 Å². The minimum absolute atomic E-state index is 0.234. The van der Waals surface area contributed by atoms with E-state index in [-0.39, 0.29) is 4.83 Å². The molecule has 0 aliphatic rings. The second-order valence-electron chi connectivity index (χ2n) is 4.30. The molecule has 0 aliphatic heterocycles. The van der Waals surface area contributed by atoms with Crippen LogP contribution in [-0.2, 0) is 0 Å². The molecule has 2 rings (SSSR count). The molecule has 2 aromatic carbocycles. The lowest BCUT2D eigenvalue weighted by atomic mass is 10.0. The van der Waals surface area contributed by atoms with Crippen LogP contribution in [0.2, 0.25) is 0 Å². The summed E-state index contributed by atoms with van der Waals surface area (Å²) in [5.74, 6) is 0. The van der Waals surface area contributed by atoms with Crippen molar-refractivity contribution in [2.75, 3.05) is 0 Å². The maximum Gasteiger partial charge on any atom is 0.0655 e. The van der Waals surface area contributed by atoms with Gasteiger partial charge in [-0.25, -0.2) is 0 Å². The summed E-state index contributed by atoms with van der Waals surface area (Å²) in [5, 5.41) is 0. The van der Waals surface area contributed by atoms with Gasteiger partial charge in [0.25, 0.3) is 0 Å². The zero-order valence-electron chi connectivity index (χ0n) is 9.87. The predicted molar refractivity (Wildman–Crippen MR) is 80.8 cm³/mol. The summed E-state index contributed by atoms with van der Waals surface area (Å²) >= 11 is 7.39. The Labute approximate surface area is 119 Å². The highest BCUT2D eigenvalue weighted by Crippen LogP contribution is 2.35. The highest BCUT2D eigenvalue weighted by Gasteiger charge is 2.13. The van der Waals surface area contributed by atoms with Gasteiger partial charge in [-0.2, -0.15) is 0 Å². The average Bonchev–Trinajstić information content (AvgIpc) is 2.32. The van der Waals surface area contributed by atoms with E-state index >= 15 is 0 Å². The predicted octanol–water partition coefficient (Wildman–Crippen LogP) is 5.55. The molecule has 0 spiro atoms. The topological polar surface area (TPSA) is 0 Å². The number of aryl methyl sites for hydroxylation is 2. The van der Waals surface area contributed by atoms with E-state index in [1.165, 1.54) is 22.3 Å². The van der Waals surface area contributed by atoms with Crippen molar-refractivity contribution in [3.8, 4) is 0 Å². The lowest BCUT2D eigenvalue weighted by Crippen LogP contribution is -1.94. The Kier molecular flexibility index (Phi) is 4.05. The van der Waals surface area contributed by atoms with Crippen molar-refractivity contribution in [1.29, 1.82) is 0 Å². The van der Waals surface area contributed by atoms with Crippen molar-refractivity contribution < 1.29 is 0 Å². The molecule has 1 unspecified atom stereocenters. The highest BCUT2D eigenvalue weighted by atomic mass is 79.9. The monoisotopic (exact) mass is 352 g/mol. The Hall–Kier alpha value is -0.600. The normalized spacial score (nSPS) is 12.5. The van der Waals surface area contributed by atoms with Gasteiger partial charge in [0.2, 0.25) is 0 Å². The van der Waals surface area contributed by atoms with E-state index in [9.17, 15) is 0 Å². The van der Waals surface area contributed by atoms with Crippen LogP contribution in [0, 0.1) is 13.8 Å². The first-order valence-electron chi connectivity index (χ1n) is 5.54. The molecule has 0 nitrogen and oxygen atoms in total. The Bertz CT molecular complexity index is 515. The smallest absolute Gasteiger partial charge is 0.0655 e. The maximum atomic E-state index is 3.77. The van der Waals surface area contributed by atoms with Crippen LogP contribution >= 0.6 is 31.9 Å². The number of halogens is 2. The lowest BCUT2D eigenvalue weighted by Gasteiger charge is -2.13. The van der Waals surface area contributed by atoms with Crippen molar-refractivity contribution in [3.63, 3.8) is 0 Å². The van der Waals surface area contributed by atoms with Gasteiger partial charge in [-0.15, -0.1) is 0 Å². The summed E-state index contributed by atoms with van der Waals surface area (Å²) in [6.07, 6.45) is 0. The summed E-state index contributed by atoms with van der Waals surface area (Å²) in [5.41, 5.74) is 5.12. The van der Waals surface area contributed by atoms with Crippen LogP contribution in [-0.4, -0.2) is 0 Å². The number of alkyl halides is 1. The molecule has 0 aliphatic carbocycles. The van der Waals surface area contributed by atoms with Crippen LogP contribution in [0.1, 0.15) is 27.1 Å². The fraction of sp³-hybridized carbons (Fsp3) is 0.200. The molecule has 0 saturated carbocycles. The van der Waals surface area contributed by atoms with Gasteiger partial charge in [0.05, 0.1) is 4.83 Å². The summed E-state index contributed by atoms with van der Waals surface area (Å²) < 4.78 is 1.14. The summed E-state index contributed by atoms with van der Waals surface area (Å²) in [6.45, 7) is 4.22. The first kappa shape index (κ1) is 12.8. The SMILES string of the molecule is Cc1ccc(C(Br)c2cc(C)ccc2Br)cc1. The average molecular weight is 354 g/mol. The molecule has 0 heterocycles. The highest BCUT2D eigenvalue weighted by molar-refractivity contribution is 9.11. The van der Waals surface area contributed by atoms with E-state index in [1.807, 2.05) is 0 Å². The molecule has 2 heteroatoms. The van der Waals surface area contributed by atoms with Gasteiger partial charge in [0, 0.05) is 4.47 Å². The second kappa shape index (κ2) is 5.36. The van der Waals surface area contributed by atoms with E-state index < -0.39 is 0 Å². The zero-order chi connectivity index (χ0) is 12.4. The molecule has 0 fully saturated rings. The third kappa shape index (κ3) is 2.99. The van der Waals surface area contributed by atoms with Crippen molar-refractivity contribution in [3.05, 3.63) is 69.2 Å². The largest absolute Gasteiger partial charge is 0.0786 e. The Morgan fingerprint density at radius 1 is 0.882 bits per heavy atom. The molecule has 88 valence electrons. The third-order valence-corrected chi connectivity index (χ3v) is 4.54. The van der Waals surface area contributed by atoms with Gasteiger partial charge in [0.1, 0.15) is 0 Å². The van der Waals surface area contributed by atoms with Crippen LogP contribution in [0.25, 0.3) is 0 Å². The van der Waals surface area contributed by atoms with Crippen LogP contribution in [0.15, 0.2) is 46.9 Å². The molecular formula is C15H14Br2. The lowest BCUT2D eigenvalue weighted by molar-refractivity contribution is 1.15. The molecule has 0 saturated heterocycles. The number of hydrogen-bond donors (Lipinski definition) is 0. The van der Waals surface area contributed by atoms with E-state index in [1.54, 1.807) is 0 Å². The Balaban J connectivity index is 2.39. The summed E-state index contributed by atoms with van der Waals surface area (Å²) in [7, 11) is 0. The van der Waals surface area contributed by atoms with Gasteiger partial charge in [-0.05, 0) is 31.0 Å². The van der Waals surface area contributed by atoms with Crippen molar-refractivity contribution in [1.82, 2.24) is 0 Å². The van der Waals surface area contributed by atoms with E-state index in [4.69, 9.17) is 0 Å². The van der Waals surface area contributed by atoms with Gasteiger partial charge in [-0.3, -0.25) is 0 Å². The molecule has 0 amide bonds. The molecule has 17 heavy (non-hydrogen) atoms. The third-order valence-electron chi connectivity index (χ3n) is 2.79. The van der Waals surface area contributed by atoms with Gasteiger partial charge in [0.15, 0.2) is 0 Å². The molecule has 0 radical (unpaired) electrons. The first-order valence-corrected chi connectivity index (χ1v) is 7.25. The van der Waals surface area contributed by atoms with Crippen molar-refractivity contribution in [2.45, 2.75) is 18.7 Å². The summed E-state index contributed by atoms with van der Waals surface area (Å²) in [6, 6.07) is 15.1. The molecule has 0 N–H and O–H groups in total. The fourth-order valence-electron chi connectivity index (χ4n) is 1.77. The molecule has 1 atom stereocenters. The Morgan fingerprint density at radius 2 is 1.47 bits per heavy atom. The maximum absolute atomic E-state index is 3.77. The van der Waals surface area contributed by atoms with E-state index in [0.29, 0.717) is 0 Å². The Morgan fingerprint density at radius 3 is 2.12 bits per heavy atom. The van der Waals surface area contributed by atoms with Crippen LogP contribution < -0.4 is 0 Å². The molecule has 0 aromatic heterocycles. The number of benzene rings is 2. The van der Waals surface area contributed by atoms with Gasteiger partial charge >= 0.3 is 0 Å². The van der Waals surface area contributed by atoms with Gasteiger partial charge in [-0.1, -0.05) is 79.4 Å². The zero-order valence-corrected chi connectivity index (χ0v) is 13.0. The van der Waals surface area contributed by atoms with Crippen LogP contribution in [0.3, 0.4) is 0 Å². The number of hydrogen-bond acceptors (Lipinski definition) is 0. The summed E-state index contributed by atoms with van der Waals surface area (Å²) in [4.78, 5) is 0.234. The first-order chi connectivity index (χ1) is 8.08. The minimum Gasteiger partial charge on any atom is -0.0786 e. The second-order valence-corrected chi connectivity index (χ2v) is 6.07. The van der Waals surface area contributed by atoms with Crippen molar-refractivity contribution >= 4 is 31.9 Å². The quantitative estimate of drug-likeness (QED) is 0.621. The fourth-order valence-corrected chi connectivity index (χ4v) is 3.24. The minimum atomic E-state index is 0.234.